The van der Waals surface area contributed by atoms with E-state index in [0.29, 0.717) is 6.42 Å². The molecule has 0 amide bonds. The van der Waals surface area contributed by atoms with Crippen LogP contribution in [0.15, 0.2) is 0 Å². The molecule has 0 aromatic rings. The quantitative estimate of drug-likeness (QED) is 0.0992. The van der Waals surface area contributed by atoms with Gasteiger partial charge in [0.1, 0.15) is 6.61 Å². The summed E-state index contributed by atoms with van der Waals surface area (Å²) in [5.74, 6) is -0.847. The van der Waals surface area contributed by atoms with Gasteiger partial charge in [-0.2, -0.15) is 0 Å². The van der Waals surface area contributed by atoms with Crippen LogP contribution in [0.1, 0.15) is 110 Å². The lowest BCUT2D eigenvalue weighted by molar-refractivity contribution is -0.161. The van der Waals surface area contributed by atoms with E-state index in [0.717, 1.165) is 44.9 Å². The van der Waals surface area contributed by atoms with Crippen LogP contribution in [0.4, 0.5) is 0 Å². The summed E-state index contributed by atoms with van der Waals surface area (Å²) in [7, 11) is -4.34. The first-order valence-electron chi connectivity index (χ1n) is 13.0. The van der Waals surface area contributed by atoms with E-state index >= 15 is 0 Å². The number of ether oxygens (including phenoxy) is 2. The molecule has 2 unspecified atom stereocenters. The maximum atomic E-state index is 12.2. The van der Waals surface area contributed by atoms with Gasteiger partial charge in [0, 0.05) is 19.4 Å². The molecule has 0 aliphatic heterocycles. The molecule has 0 saturated carbocycles. The monoisotopic (exact) mass is 509 g/mol. The third-order valence-electron chi connectivity index (χ3n) is 5.24. The molecule has 3 N–H and O–H groups in total. The molecular weight excluding hydrogens is 461 g/mol. The Balaban J connectivity index is 4.44. The molecule has 0 saturated heterocycles. The van der Waals surface area contributed by atoms with Gasteiger partial charge in [-0.3, -0.25) is 18.6 Å². The normalized spacial score (nSPS) is 13.9. The van der Waals surface area contributed by atoms with E-state index in [1.54, 1.807) is 0 Å². The summed E-state index contributed by atoms with van der Waals surface area (Å²) >= 11 is 0. The molecule has 0 spiro atoms. The highest BCUT2D eigenvalue weighted by Crippen LogP contribution is 2.43. The van der Waals surface area contributed by atoms with Crippen molar-refractivity contribution in [2.45, 2.75) is 116 Å². The Labute approximate surface area is 206 Å². The third kappa shape index (κ3) is 21.5. The summed E-state index contributed by atoms with van der Waals surface area (Å²) in [5, 5.41) is 0. The summed E-state index contributed by atoms with van der Waals surface area (Å²) < 4.78 is 32.1. The number of hydrogen-bond donors (Lipinski definition) is 2. The average Bonchev–Trinajstić information content (AvgIpc) is 2.81. The standard InChI is InChI=1S/C24H48NO8P/c1-3-5-7-9-11-13-15-17-24(27)33-22(21-32-34(28,29)31-19-18-25)20-30-23(26)16-14-12-10-8-6-4-2/h22H,3-21,25H2,1-2H3,(H,28,29). The van der Waals surface area contributed by atoms with Crippen molar-refractivity contribution in [3.8, 4) is 0 Å². The summed E-state index contributed by atoms with van der Waals surface area (Å²) in [4.78, 5) is 33.9. The van der Waals surface area contributed by atoms with Crippen molar-refractivity contribution in [3.05, 3.63) is 0 Å². The average molecular weight is 510 g/mol. The molecule has 0 aliphatic rings. The van der Waals surface area contributed by atoms with E-state index in [4.69, 9.17) is 19.7 Å². The molecule has 0 aromatic heterocycles. The van der Waals surface area contributed by atoms with E-state index in [2.05, 4.69) is 18.4 Å². The minimum absolute atomic E-state index is 0.0564. The zero-order chi connectivity index (χ0) is 25.5. The number of rotatable bonds is 24. The first-order chi connectivity index (χ1) is 16.3. The molecule has 0 rings (SSSR count). The van der Waals surface area contributed by atoms with Crippen LogP contribution < -0.4 is 5.73 Å². The zero-order valence-electron chi connectivity index (χ0n) is 21.3. The van der Waals surface area contributed by atoms with Crippen molar-refractivity contribution >= 4 is 19.8 Å². The maximum Gasteiger partial charge on any atom is 0.472 e. The van der Waals surface area contributed by atoms with Crippen LogP contribution >= 0.6 is 7.82 Å². The van der Waals surface area contributed by atoms with Crippen LogP contribution in [-0.2, 0) is 32.7 Å². The highest BCUT2D eigenvalue weighted by Gasteiger charge is 2.25. The van der Waals surface area contributed by atoms with Gasteiger partial charge in [-0.05, 0) is 12.8 Å². The van der Waals surface area contributed by atoms with Gasteiger partial charge < -0.3 is 20.1 Å². The third-order valence-corrected chi connectivity index (χ3v) is 6.23. The molecule has 0 radical (unpaired) electrons. The Hall–Kier alpha value is -0.990. The fraction of sp³-hybridized carbons (Fsp3) is 0.917. The molecule has 34 heavy (non-hydrogen) atoms. The number of phosphoric ester groups is 1. The summed E-state index contributed by atoms with van der Waals surface area (Å²) in [6.07, 6.45) is 13.3. The molecule has 0 aromatic carbocycles. The molecule has 0 bridgehead atoms. The number of phosphoric acid groups is 1. The zero-order valence-corrected chi connectivity index (χ0v) is 22.2. The molecule has 2 atom stereocenters. The Kier molecular flexibility index (Phi) is 21.8. The van der Waals surface area contributed by atoms with Crippen LogP contribution in [-0.4, -0.2) is 49.3 Å². The van der Waals surface area contributed by atoms with Gasteiger partial charge >= 0.3 is 19.8 Å². The second-order valence-electron chi connectivity index (χ2n) is 8.57. The molecule has 9 nitrogen and oxygen atoms in total. The minimum atomic E-state index is -4.34. The lowest BCUT2D eigenvalue weighted by Crippen LogP contribution is -2.29. The van der Waals surface area contributed by atoms with E-state index in [-0.39, 0.29) is 32.6 Å². The summed E-state index contributed by atoms with van der Waals surface area (Å²) in [6.45, 7) is 3.56. The Morgan fingerprint density at radius 3 is 1.79 bits per heavy atom. The summed E-state index contributed by atoms with van der Waals surface area (Å²) in [5.41, 5.74) is 5.26. The van der Waals surface area contributed by atoms with Crippen molar-refractivity contribution in [1.29, 1.82) is 0 Å². The van der Waals surface area contributed by atoms with Crippen molar-refractivity contribution in [3.63, 3.8) is 0 Å². The van der Waals surface area contributed by atoms with Gasteiger partial charge in [0.2, 0.25) is 0 Å². The van der Waals surface area contributed by atoms with Gasteiger partial charge in [-0.25, -0.2) is 4.57 Å². The van der Waals surface area contributed by atoms with Gasteiger partial charge in [-0.1, -0.05) is 84.5 Å². The largest absolute Gasteiger partial charge is 0.472 e. The van der Waals surface area contributed by atoms with Gasteiger partial charge in [0.25, 0.3) is 0 Å². The van der Waals surface area contributed by atoms with Crippen LogP contribution in [0.3, 0.4) is 0 Å². The van der Waals surface area contributed by atoms with Crippen LogP contribution in [0.25, 0.3) is 0 Å². The molecule has 0 aliphatic carbocycles. The van der Waals surface area contributed by atoms with Gasteiger partial charge in [-0.15, -0.1) is 0 Å². The van der Waals surface area contributed by atoms with Crippen LogP contribution in [0, 0.1) is 0 Å². The van der Waals surface area contributed by atoms with Crippen LogP contribution in [0.5, 0.6) is 0 Å². The van der Waals surface area contributed by atoms with Crippen molar-refractivity contribution in [2.24, 2.45) is 5.73 Å². The van der Waals surface area contributed by atoms with Crippen molar-refractivity contribution in [1.82, 2.24) is 0 Å². The number of esters is 2. The van der Waals surface area contributed by atoms with Gasteiger partial charge in [0.05, 0.1) is 13.2 Å². The van der Waals surface area contributed by atoms with Crippen LogP contribution in [0.2, 0.25) is 0 Å². The molecule has 10 heteroatoms. The first-order valence-corrected chi connectivity index (χ1v) is 14.5. The number of nitrogens with two attached hydrogens (primary N) is 1. The minimum Gasteiger partial charge on any atom is -0.462 e. The SMILES string of the molecule is CCCCCCCCCC(=O)OC(COC(=O)CCCCCCCC)COP(=O)(O)OCCN. The number of unbranched alkanes of at least 4 members (excludes halogenated alkanes) is 11. The lowest BCUT2D eigenvalue weighted by atomic mass is 10.1. The molecular formula is C24H48NO8P. The molecule has 0 heterocycles. The number of hydrogen-bond acceptors (Lipinski definition) is 8. The predicted octanol–water partition coefficient (Wildman–Crippen LogP) is 5.43. The smallest absolute Gasteiger partial charge is 0.462 e. The van der Waals surface area contributed by atoms with E-state index < -0.39 is 32.5 Å². The second kappa shape index (κ2) is 22.5. The summed E-state index contributed by atoms with van der Waals surface area (Å²) in [6, 6.07) is 0. The van der Waals surface area contributed by atoms with E-state index in [9.17, 15) is 19.0 Å². The highest BCUT2D eigenvalue weighted by atomic mass is 31.2. The number of carbonyl (C=O) groups is 2. The number of carbonyl (C=O) groups excluding carboxylic acids is 2. The molecule has 202 valence electrons. The second-order valence-corrected chi connectivity index (χ2v) is 10.0. The predicted molar refractivity (Wildman–Crippen MR) is 132 cm³/mol. The van der Waals surface area contributed by atoms with Crippen molar-refractivity contribution in [2.75, 3.05) is 26.4 Å². The topological polar surface area (TPSA) is 134 Å². The van der Waals surface area contributed by atoms with E-state index in [1.165, 1.54) is 32.1 Å². The van der Waals surface area contributed by atoms with E-state index in [1.807, 2.05) is 0 Å². The fourth-order valence-electron chi connectivity index (χ4n) is 3.28. The molecule has 0 fully saturated rings. The lowest BCUT2D eigenvalue weighted by Gasteiger charge is -2.19. The fourth-order valence-corrected chi connectivity index (χ4v) is 4.04. The van der Waals surface area contributed by atoms with Gasteiger partial charge in [0.15, 0.2) is 6.10 Å². The Bertz CT molecular complexity index is 561. The Morgan fingerprint density at radius 2 is 1.26 bits per heavy atom. The first kappa shape index (κ1) is 33.0. The Morgan fingerprint density at radius 1 is 0.765 bits per heavy atom. The maximum absolute atomic E-state index is 12.2. The highest BCUT2D eigenvalue weighted by molar-refractivity contribution is 7.47. The van der Waals surface area contributed by atoms with Crippen molar-refractivity contribution < 1.29 is 37.6 Å².